The Hall–Kier alpha value is -2.53. The molecule has 0 spiro atoms. The van der Waals surface area contributed by atoms with Crippen molar-refractivity contribution in [2.75, 3.05) is 0 Å². The predicted octanol–water partition coefficient (Wildman–Crippen LogP) is 4.78. The van der Waals surface area contributed by atoms with Crippen LogP contribution in [0.3, 0.4) is 0 Å². The average Bonchev–Trinajstić information content (AvgIpc) is 3.12. The molecule has 3 rings (SSSR count). The van der Waals surface area contributed by atoms with E-state index in [0.717, 1.165) is 28.0 Å². The monoisotopic (exact) mass is 433 g/mol. The van der Waals surface area contributed by atoms with Crippen LogP contribution in [0.1, 0.15) is 21.6 Å². The summed E-state index contributed by atoms with van der Waals surface area (Å²) in [6.07, 6.45) is -0.595. The minimum atomic E-state index is -4.50. The Labute approximate surface area is 163 Å². The second kappa shape index (κ2) is 7.13. The normalized spacial score (nSPS) is 11.9. The van der Waals surface area contributed by atoms with Crippen LogP contribution < -0.4 is 0 Å². The maximum absolute atomic E-state index is 14.5. The molecule has 2 N–H and O–H groups in total. The summed E-state index contributed by atoms with van der Waals surface area (Å²) in [6, 6.07) is 3.34. The van der Waals surface area contributed by atoms with Crippen LogP contribution in [0.4, 0.5) is 17.6 Å². The highest BCUT2D eigenvalue weighted by Crippen LogP contribution is 2.40. The first kappa shape index (κ1) is 20.2. The molecule has 0 aliphatic rings. The van der Waals surface area contributed by atoms with E-state index in [-0.39, 0.29) is 43.7 Å². The molecule has 2 heterocycles. The van der Waals surface area contributed by atoms with E-state index in [4.69, 9.17) is 5.11 Å². The van der Waals surface area contributed by atoms with Gasteiger partial charge in [-0.2, -0.15) is 13.2 Å². The lowest BCUT2D eigenvalue weighted by molar-refractivity contribution is -0.136. The van der Waals surface area contributed by atoms with Crippen LogP contribution in [-0.2, 0) is 11.2 Å². The SMILES string of the molecule is Cc1c(CC(=O)O)c2c(F)c(O)ccc2n1C(=O)c1csc(SC(F)(F)F)c1. The molecule has 5 nitrogen and oxygen atoms in total. The maximum atomic E-state index is 14.5. The Morgan fingerprint density at radius 1 is 1.29 bits per heavy atom. The summed E-state index contributed by atoms with van der Waals surface area (Å²) in [5.41, 5.74) is -4.40. The molecule has 0 amide bonds. The molecular weight excluding hydrogens is 422 g/mol. The van der Waals surface area contributed by atoms with Gasteiger partial charge < -0.3 is 10.2 Å². The number of carbonyl (C=O) groups excluding carboxylic acids is 1. The molecule has 0 bridgehead atoms. The van der Waals surface area contributed by atoms with Gasteiger partial charge in [0.2, 0.25) is 0 Å². The molecule has 148 valence electrons. The Balaban J connectivity index is 2.15. The second-order valence-electron chi connectivity index (χ2n) is 5.77. The topological polar surface area (TPSA) is 79.5 Å². The molecule has 0 saturated carbocycles. The highest BCUT2D eigenvalue weighted by atomic mass is 32.2. The van der Waals surface area contributed by atoms with Gasteiger partial charge in [0.15, 0.2) is 11.6 Å². The number of carbonyl (C=O) groups is 2. The number of nitrogens with zero attached hydrogens (tertiary/aromatic N) is 1. The number of benzene rings is 1. The van der Waals surface area contributed by atoms with Crippen molar-refractivity contribution < 1.29 is 37.4 Å². The molecule has 11 heteroatoms. The third-order valence-electron chi connectivity index (χ3n) is 3.98. The van der Waals surface area contributed by atoms with E-state index in [1.165, 1.54) is 18.4 Å². The van der Waals surface area contributed by atoms with Gasteiger partial charge >= 0.3 is 11.5 Å². The van der Waals surface area contributed by atoms with E-state index < -0.39 is 35.4 Å². The average molecular weight is 433 g/mol. The first-order valence-electron chi connectivity index (χ1n) is 7.61. The number of hydrogen-bond acceptors (Lipinski definition) is 5. The lowest BCUT2D eigenvalue weighted by Crippen LogP contribution is -2.13. The first-order chi connectivity index (χ1) is 13.0. The molecule has 0 aliphatic heterocycles. The zero-order valence-electron chi connectivity index (χ0n) is 14.0. The van der Waals surface area contributed by atoms with E-state index >= 15 is 0 Å². The molecule has 3 aromatic rings. The van der Waals surface area contributed by atoms with Gasteiger partial charge in [0.1, 0.15) is 0 Å². The Bertz CT molecular complexity index is 1100. The van der Waals surface area contributed by atoms with Gasteiger partial charge in [-0.3, -0.25) is 14.2 Å². The molecule has 0 radical (unpaired) electrons. The maximum Gasteiger partial charge on any atom is 0.447 e. The van der Waals surface area contributed by atoms with Gasteiger partial charge in [0.05, 0.1) is 21.7 Å². The van der Waals surface area contributed by atoms with Crippen molar-refractivity contribution in [3.63, 3.8) is 0 Å². The molecular formula is C17H11F4NO4S2. The number of thioether (sulfide) groups is 1. The van der Waals surface area contributed by atoms with Gasteiger partial charge in [0, 0.05) is 16.5 Å². The highest BCUT2D eigenvalue weighted by molar-refractivity contribution is 8.01. The zero-order valence-corrected chi connectivity index (χ0v) is 15.6. The summed E-state index contributed by atoms with van der Waals surface area (Å²) in [6.45, 7) is 1.41. The van der Waals surface area contributed by atoms with Crippen molar-refractivity contribution in [3.8, 4) is 5.75 Å². The summed E-state index contributed by atoms with van der Waals surface area (Å²) >= 11 is 0.381. The van der Waals surface area contributed by atoms with Crippen molar-refractivity contribution >= 4 is 45.9 Å². The third kappa shape index (κ3) is 3.72. The summed E-state index contributed by atoms with van der Waals surface area (Å²) in [5, 5.41) is 19.8. The number of phenolic OH excluding ortho intramolecular Hbond substituents is 1. The van der Waals surface area contributed by atoms with E-state index in [0.29, 0.717) is 0 Å². The summed E-state index contributed by atoms with van der Waals surface area (Å²) in [7, 11) is 0. The molecule has 0 atom stereocenters. The van der Waals surface area contributed by atoms with Gasteiger partial charge in [-0.15, -0.1) is 11.3 Å². The highest BCUT2D eigenvalue weighted by Gasteiger charge is 2.31. The van der Waals surface area contributed by atoms with Crippen molar-refractivity contribution in [2.24, 2.45) is 0 Å². The molecule has 0 unspecified atom stereocenters. The van der Waals surface area contributed by atoms with E-state index in [1.807, 2.05) is 0 Å². The van der Waals surface area contributed by atoms with Crippen molar-refractivity contribution in [3.05, 3.63) is 46.2 Å². The van der Waals surface area contributed by atoms with Gasteiger partial charge in [-0.25, -0.2) is 4.39 Å². The summed E-state index contributed by atoms with van der Waals surface area (Å²) in [4.78, 5) is 24.1. The number of phenols is 1. The first-order valence-corrected chi connectivity index (χ1v) is 9.31. The molecule has 0 aliphatic carbocycles. The van der Waals surface area contributed by atoms with Crippen LogP contribution in [-0.4, -0.2) is 32.2 Å². The van der Waals surface area contributed by atoms with Crippen molar-refractivity contribution in [2.45, 2.75) is 23.1 Å². The fraction of sp³-hybridized carbons (Fsp3) is 0.176. The standard InChI is InChI=1S/C17H11F4NO4S2/c1-7-9(5-12(24)25)14-10(2-3-11(23)15(14)18)22(7)16(26)8-4-13(27-6-8)28-17(19,20)21/h2-4,6,23H,5H2,1H3,(H,24,25). The molecule has 0 saturated heterocycles. The molecule has 1 aromatic carbocycles. The van der Waals surface area contributed by atoms with E-state index in [1.54, 1.807) is 0 Å². The Kier molecular flexibility index (Phi) is 5.15. The van der Waals surface area contributed by atoms with Crippen LogP contribution in [0, 0.1) is 12.7 Å². The number of hydrogen-bond donors (Lipinski definition) is 2. The van der Waals surface area contributed by atoms with Gasteiger partial charge in [-0.1, -0.05) is 0 Å². The second-order valence-corrected chi connectivity index (χ2v) is 8.05. The number of fused-ring (bicyclic) bond motifs is 1. The van der Waals surface area contributed by atoms with E-state index in [9.17, 15) is 32.3 Å². The van der Waals surface area contributed by atoms with Crippen LogP contribution in [0.15, 0.2) is 27.8 Å². The number of halogens is 4. The molecule has 28 heavy (non-hydrogen) atoms. The number of aromatic hydroxyl groups is 1. The Morgan fingerprint density at radius 2 is 1.96 bits per heavy atom. The summed E-state index contributed by atoms with van der Waals surface area (Å²) < 4.78 is 52.9. The minimum Gasteiger partial charge on any atom is -0.505 e. The van der Waals surface area contributed by atoms with Crippen LogP contribution in [0.2, 0.25) is 0 Å². The summed E-state index contributed by atoms with van der Waals surface area (Å²) in [5.74, 6) is -3.77. The van der Waals surface area contributed by atoms with Crippen LogP contribution >= 0.6 is 23.1 Å². The zero-order chi connectivity index (χ0) is 20.8. The number of aliphatic carboxylic acids is 1. The Morgan fingerprint density at radius 3 is 2.57 bits per heavy atom. The van der Waals surface area contributed by atoms with Crippen LogP contribution in [0.5, 0.6) is 5.75 Å². The quantitative estimate of drug-likeness (QED) is 0.457. The van der Waals surface area contributed by atoms with Gasteiger partial charge in [0.25, 0.3) is 5.91 Å². The lowest BCUT2D eigenvalue weighted by Gasteiger charge is -2.06. The number of aromatic nitrogens is 1. The smallest absolute Gasteiger partial charge is 0.447 e. The van der Waals surface area contributed by atoms with Crippen molar-refractivity contribution in [1.82, 2.24) is 4.57 Å². The number of rotatable bonds is 4. The number of carboxylic acids is 1. The number of alkyl halides is 3. The van der Waals surface area contributed by atoms with E-state index in [2.05, 4.69) is 0 Å². The largest absolute Gasteiger partial charge is 0.505 e. The van der Waals surface area contributed by atoms with Crippen LogP contribution in [0.25, 0.3) is 10.9 Å². The minimum absolute atomic E-state index is 0.00405. The molecule has 2 aromatic heterocycles. The third-order valence-corrected chi connectivity index (χ3v) is 5.80. The van der Waals surface area contributed by atoms with Gasteiger partial charge in [-0.05, 0) is 42.4 Å². The predicted molar refractivity (Wildman–Crippen MR) is 95.6 cm³/mol. The van der Waals surface area contributed by atoms with Crippen molar-refractivity contribution in [1.29, 1.82) is 0 Å². The fourth-order valence-corrected chi connectivity index (χ4v) is 4.52. The molecule has 0 fully saturated rings. The number of carboxylic acid groups (broad SMARTS) is 1. The fourth-order valence-electron chi connectivity index (χ4n) is 2.88. The lowest BCUT2D eigenvalue weighted by atomic mass is 10.1. The number of thiophene rings is 1.